The van der Waals surface area contributed by atoms with Crippen molar-refractivity contribution < 1.29 is 20.0 Å². The summed E-state index contributed by atoms with van der Waals surface area (Å²) in [6.07, 6.45) is 0. The van der Waals surface area contributed by atoms with Gasteiger partial charge < -0.3 is 5.11 Å². The molecular formula is C9H10N2O5. The van der Waals surface area contributed by atoms with Crippen molar-refractivity contribution in [1.29, 1.82) is 0 Å². The number of rotatable bonds is 4. The molecule has 1 atom stereocenters. The van der Waals surface area contributed by atoms with E-state index in [-0.39, 0.29) is 11.4 Å². The van der Waals surface area contributed by atoms with Crippen molar-refractivity contribution in [2.24, 2.45) is 0 Å². The Morgan fingerprint density at radius 1 is 1.44 bits per heavy atom. The maximum absolute atomic E-state index is 10.6. The van der Waals surface area contributed by atoms with Crippen LogP contribution in [0.3, 0.4) is 0 Å². The minimum atomic E-state index is -1.19. The van der Waals surface area contributed by atoms with Crippen LogP contribution >= 0.6 is 0 Å². The van der Waals surface area contributed by atoms with Crippen LogP contribution in [0.1, 0.15) is 6.92 Å². The summed E-state index contributed by atoms with van der Waals surface area (Å²) in [5, 5.41) is 29.0. The van der Waals surface area contributed by atoms with Gasteiger partial charge >= 0.3 is 5.97 Å². The highest BCUT2D eigenvalue weighted by Crippen LogP contribution is 2.19. The third-order valence-electron chi connectivity index (χ3n) is 2.05. The van der Waals surface area contributed by atoms with Gasteiger partial charge in [0.25, 0.3) is 5.69 Å². The molecule has 86 valence electrons. The van der Waals surface area contributed by atoms with Gasteiger partial charge in [-0.05, 0) is 19.1 Å². The highest BCUT2D eigenvalue weighted by atomic mass is 16.6. The minimum Gasteiger partial charge on any atom is -0.480 e. The Bertz CT molecular complexity index is 403. The first-order valence-corrected chi connectivity index (χ1v) is 4.39. The van der Waals surface area contributed by atoms with Crippen molar-refractivity contribution in [2.75, 3.05) is 5.06 Å². The number of benzene rings is 1. The van der Waals surface area contributed by atoms with E-state index in [0.717, 1.165) is 0 Å². The van der Waals surface area contributed by atoms with Gasteiger partial charge in [0.05, 0.1) is 10.6 Å². The van der Waals surface area contributed by atoms with Gasteiger partial charge in [-0.25, -0.2) is 9.86 Å². The van der Waals surface area contributed by atoms with E-state index >= 15 is 0 Å². The van der Waals surface area contributed by atoms with Crippen LogP contribution in [0.25, 0.3) is 0 Å². The van der Waals surface area contributed by atoms with Crippen LogP contribution in [0.15, 0.2) is 24.3 Å². The molecule has 7 nitrogen and oxygen atoms in total. The number of non-ortho nitro benzene ring substituents is 1. The predicted octanol–water partition coefficient (Wildman–Crippen LogP) is 1.26. The van der Waals surface area contributed by atoms with Crippen LogP contribution in [0, 0.1) is 10.1 Å². The molecule has 1 aromatic carbocycles. The van der Waals surface area contributed by atoms with Crippen LogP contribution < -0.4 is 5.06 Å². The maximum Gasteiger partial charge on any atom is 0.328 e. The molecule has 1 rings (SSSR count). The summed E-state index contributed by atoms with van der Waals surface area (Å²) in [6.45, 7) is 1.30. The summed E-state index contributed by atoms with van der Waals surface area (Å²) in [7, 11) is 0. The Hall–Kier alpha value is -2.15. The predicted molar refractivity (Wildman–Crippen MR) is 54.5 cm³/mol. The van der Waals surface area contributed by atoms with Gasteiger partial charge in [0, 0.05) is 12.1 Å². The zero-order valence-corrected chi connectivity index (χ0v) is 8.40. The first-order valence-electron chi connectivity index (χ1n) is 4.39. The molecule has 0 bridgehead atoms. The van der Waals surface area contributed by atoms with Crippen molar-refractivity contribution >= 4 is 17.3 Å². The van der Waals surface area contributed by atoms with E-state index in [1.807, 2.05) is 0 Å². The van der Waals surface area contributed by atoms with Crippen molar-refractivity contribution in [1.82, 2.24) is 0 Å². The quantitative estimate of drug-likeness (QED) is 0.591. The van der Waals surface area contributed by atoms with Crippen molar-refractivity contribution in [3.05, 3.63) is 34.4 Å². The molecule has 1 unspecified atom stereocenters. The summed E-state index contributed by atoms with van der Waals surface area (Å²) in [6, 6.07) is 3.80. The molecule has 0 aliphatic rings. The SMILES string of the molecule is CC(C(=O)O)N(O)c1ccc([N+](=O)[O-])cc1. The molecule has 2 N–H and O–H groups in total. The maximum atomic E-state index is 10.6. The number of nitro benzene ring substituents is 1. The van der Waals surface area contributed by atoms with Crippen LogP contribution in [-0.4, -0.2) is 27.2 Å². The average Bonchev–Trinajstić information content (AvgIpc) is 2.27. The highest BCUT2D eigenvalue weighted by Gasteiger charge is 2.19. The fourth-order valence-electron chi connectivity index (χ4n) is 1.06. The van der Waals surface area contributed by atoms with Crippen molar-refractivity contribution in [3.8, 4) is 0 Å². The summed E-state index contributed by atoms with van der Waals surface area (Å²) in [5.74, 6) is -1.19. The molecule has 0 aliphatic heterocycles. The molecule has 1 aromatic rings. The molecule has 0 saturated carbocycles. The Labute approximate surface area is 90.6 Å². The van der Waals surface area contributed by atoms with E-state index < -0.39 is 16.9 Å². The van der Waals surface area contributed by atoms with Gasteiger partial charge in [-0.2, -0.15) is 0 Å². The lowest BCUT2D eigenvalue weighted by atomic mass is 10.2. The van der Waals surface area contributed by atoms with Gasteiger partial charge in [-0.3, -0.25) is 15.3 Å². The molecule has 0 spiro atoms. The van der Waals surface area contributed by atoms with Crippen molar-refractivity contribution in [2.45, 2.75) is 13.0 Å². The highest BCUT2D eigenvalue weighted by molar-refractivity contribution is 5.76. The van der Waals surface area contributed by atoms with E-state index in [4.69, 9.17) is 5.11 Å². The van der Waals surface area contributed by atoms with Gasteiger partial charge in [-0.1, -0.05) is 0 Å². The lowest BCUT2D eigenvalue weighted by Crippen LogP contribution is -2.36. The van der Waals surface area contributed by atoms with Crippen LogP contribution in [0.5, 0.6) is 0 Å². The Balaban J connectivity index is 2.89. The standard InChI is InChI=1S/C9H10N2O5/c1-6(9(12)13)10(14)7-2-4-8(5-3-7)11(15)16/h2-6,14H,1H3,(H,12,13). The number of carboxylic acid groups (broad SMARTS) is 1. The number of carboxylic acids is 1. The minimum absolute atomic E-state index is 0.125. The molecule has 0 saturated heterocycles. The molecular weight excluding hydrogens is 216 g/mol. The third kappa shape index (κ3) is 2.45. The molecule has 0 aromatic heterocycles. The fraction of sp³-hybridized carbons (Fsp3) is 0.222. The summed E-state index contributed by atoms with van der Waals surface area (Å²) < 4.78 is 0. The smallest absolute Gasteiger partial charge is 0.328 e. The molecule has 0 amide bonds. The van der Waals surface area contributed by atoms with Gasteiger partial charge in [0.1, 0.15) is 0 Å². The van der Waals surface area contributed by atoms with E-state index in [9.17, 15) is 20.1 Å². The van der Waals surface area contributed by atoms with Gasteiger partial charge in [0.15, 0.2) is 6.04 Å². The third-order valence-corrected chi connectivity index (χ3v) is 2.05. The van der Waals surface area contributed by atoms with Crippen LogP contribution in [0.4, 0.5) is 11.4 Å². The van der Waals surface area contributed by atoms with Crippen LogP contribution in [0.2, 0.25) is 0 Å². The van der Waals surface area contributed by atoms with Gasteiger partial charge in [0.2, 0.25) is 0 Å². The van der Waals surface area contributed by atoms with E-state index in [1.54, 1.807) is 0 Å². The lowest BCUT2D eigenvalue weighted by Gasteiger charge is -2.20. The second-order valence-electron chi connectivity index (χ2n) is 3.13. The number of nitrogens with zero attached hydrogens (tertiary/aromatic N) is 2. The molecule has 0 aliphatic carbocycles. The first kappa shape index (κ1) is 11.9. The van der Waals surface area contributed by atoms with E-state index in [0.29, 0.717) is 5.06 Å². The first-order chi connectivity index (χ1) is 7.43. The number of aliphatic carboxylic acids is 1. The fourth-order valence-corrected chi connectivity index (χ4v) is 1.06. The largest absolute Gasteiger partial charge is 0.480 e. The number of carbonyl (C=O) groups is 1. The number of nitro groups is 1. The zero-order valence-electron chi connectivity index (χ0n) is 8.40. The molecule has 0 heterocycles. The van der Waals surface area contributed by atoms with E-state index in [2.05, 4.69) is 0 Å². The molecule has 16 heavy (non-hydrogen) atoms. The number of anilines is 1. The second-order valence-corrected chi connectivity index (χ2v) is 3.13. The summed E-state index contributed by atoms with van der Waals surface area (Å²) >= 11 is 0. The summed E-state index contributed by atoms with van der Waals surface area (Å²) in [4.78, 5) is 20.4. The summed E-state index contributed by atoms with van der Waals surface area (Å²) in [5.41, 5.74) is 0.0561. The zero-order chi connectivity index (χ0) is 12.3. The van der Waals surface area contributed by atoms with Crippen LogP contribution in [-0.2, 0) is 4.79 Å². The number of hydrogen-bond donors (Lipinski definition) is 2. The molecule has 0 radical (unpaired) electrons. The van der Waals surface area contributed by atoms with Crippen molar-refractivity contribution in [3.63, 3.8) is 0 Å². The Morgan fingerprint density at radius 2 is 1.94 bits per heavy atom. The normalized spacial score (nSPS) is 11.9. The van der Waals surface area contributed by atoms with E-state index in [1.165, 1.54) is 31.2 Å². The van der Waals surface area contributed by atoms with Gasteiger partial charge in [-0.15, -0.1) is 0 Å². The lowest BCUT2D eigenvalue weighted by molar-refractivity contribution is -0.384. The molecule has 7 heteroatoms. The monoisotopic (exact) mass is 226 g/mol. The molecule has 0 fully saturated rings. The number of hydroxylamine groups is 1. The average molecular weight is 226 g/mol. The Kier molecular flexibility index (Phi) is 3.41. The Morgan fingerprint density at radius 3 is 2.31 bits per heavy atom. The second kappa shape index (κ2) is 4.58. The number of hydrogen-bond acceptors (Lipinski definition) is 5. The topological polar surface area (TPSA) is 104 Å².